The van der Waals surface area contributed by atoms with Crippen LogP contribution in [0, 0.1) is 5.41 Å². The highest BCUT2D eigenvalue weighted by molar-refractivity contribution is 6.30. The minimum absolute atomic E-state index is 0.337. The fraction of sp³-hybridized carbons (Fsp3) is 0.643. The van der Waals surface area contributed by atoms with Crippen molar-refractivity contribution in [3.63, 3.8) is 0 Å². The first-order valence-corrected chi connectivity index (χ1v) is 7.05. The Bertz CT molecular complexity index is 452. The minimum atomic E-state index is -0.663. The summed E-state index contributed by atoms with van der Waals surface area (Å²) in [6.45, 7) is 4.97. The normalized spacial score (nSPS) is 21.1. The molecule has 4 N–H and O–H groups in total. The molecule has 1 fully saturated rings. The zero-order valence-electron chi connectivity index (χ0n) is 11.5. The molecule has 0 aromatic carbocycles. The van der Waals surface area contributed by atoms with Crippen LogP contribution >= 0.6 is 11.6 Å². The van der Waals surface area contributed by atoms with Gasteiger partial charge in [0.1, 0.15) is 5.82 Å². The molecule has 1 aromatic heterocycles. The van der Waals surface area contributed by atoms with Crippen LogP contribution in [-0.4, -0.2) is 22.2 Å². The molecule has 5 heteroatoms. The van der Waals surface area contributed by atoms with Gasteiger partial charge in [0.2, 0.25) is 0 Å². The standard InChI is InChI=1S/C14H22ClN3O/c1-13(2)3-5-14(19,6-4-13)9-18-12-11(16)7-10(15)8-17-12/h7-8,19H,3-6,9,16H2,1-2H3,(H,17,18). The molecule has 1 aliphatic carbocycles. The maximum atomic E-state index is 10.6. The van der Waals surface area contributed by atoms with Gasteiger partial charge in [0.05, 0.1) is 16.3 Å². The van der Waals surface area contributed by atoms with Gasteiger partial charge in [-0.3, -0.25) is 0 Å². The lowest BCUT2D eigenvalue weighted by atomic mass is 9.71. The van der Waals surface area contributed by atoms with Crippen molar-refractivity contribution in [3.05, 3.63) is 17.3 Å². The minimum Gasteiger partial charge on any atom is -0.396 e. The summed E-state index contributed by atoms with van der Waals surface area (Å²) in [7, 11) is 0. The Labute approximate surface area is 119 Å². The van der Waals surface area contributed by atoms with Crippen molar-refractivity contribution in [2.24, 2.45) is 5.41 Å². The molecule has 0 radical (unpaired) electrons. The lowest BCUT2D eigenvalue weighted by molar-refractivity contribution is -0.0145. The average molecular weight is 284 g/mol. The van der Waals surface area contributed by atoms with Crippen molar-refractivity contribution >= 4 is 23.1 Å². The zero-order chi connectivity index (χ0) is 14.1. The molecule has 0 unspecified atom stereocenters. The van der Waals surface area contributed by atoms with Gasteiger partial charge in [-0.25, -0.2) is 4.98 Å². The predicted octanol–water partition coefficient (Wildman–Crippen LogP) is 3.06. The Morgan fingerprint density at radius 3 is 2.58 bits per heavy atom. The van der Waals surface area contributed by atoms with Crippen molar-refractivity contribution < 1.29 is 5.11 Å². The van der Waals surface area contributed by atoms with E-state index < -0.39 is 5.60 Å². The average Bonchev–Trinajstić information content (AvgIpc) is 2.33. The van der Waals surface area contributed by atoms with E-state index in [4.69, 9.17) is 17.3 Å². The molecule has 0 aliphatic heterocycles. The van der Waals surface area contributed by atoms with Crippen molar-refractivity contribution in [1.29, 1.82) is 0 Å². The van der Waals surface area contributed by atoms with Gasteiger partial charge in [0.25, 0.3) is 0 Å². The first-order valence-electron chi connectivity index (χ1n) is 6.67. The summed E-state index contributed by atoms with van der Waals surface area (Å²) < 4.78 is 0. The number of pyridine rings is 1. The number of rotatable bonds is 3. The van der Waals surface area contributed by atoms with E-state index in [1.54, 1.807) is 12.3 Å². The summed E-state index contributed by atoms with van der Waals surface area (Å²) in [5.41, 5.74) is 6.01. The Kier molecular flexibility index (Phi) is 3.92. The van der Waals surface area contributed by atoms with Crippen LogP contribution in [-0.2, 0) is 0 Å². The molecule has 4 nitrogen and oxygen atoms in total. The molecule has 1 heterocycles. The van der Waals surface area contributed by atoms with E-state index in [-0.39, 0.29) is 0 Å². The van der Waals surface area contributed by atoms with E-state index in [1.165, 1.54) is 0 Å². The molecule has 0 bridgehead atoms. The molecule has 0 amide bonds. The second-order valence-corrected chi connectivity index (χ2v) is 6.77. The Morgan fingerprint density at radius 2 is 2.00 bits per heavy atom. The molecule has 106 valence electrons. The van der Waals surface area contributed by atoms with Gasteiger partial charge in [-0.15, -0.1) is 0 Å². The monoisotopic (exact) mass is 283 g/mol. The topological polar surface area (TPSA) is 71.2 Å². The van der Waals surface area contributed by atoms with Gasteiger partial charge in [-0.2, -0.15) is 0 Å². The van der Waals surface area contributed by atoms with E-state index in [0.717, 1.165) is 25.7 Å². The van der Waals surface area contributed by atoms with Crippen molar-refractivity contribution in [1.82, 2.24) is 4.98 Å². The molecular formula is C14H22ClN3O. The van der Waals surface area contributed by atoms with E-state index in [0.29, 0.717) is 28.5 Å². The number of aliphatic hydroxyl groups is 1. The fourth-order valence-electron chi connectivity index (χ4n) is 2.42. The van der Waals surface area contributed by atoms with Crippen LogP contribution < -0.4 is 11.1 Å². The van der Waals surface area contributed by atoms with Gasteiger partial charge < -0.3 is 16.2 Å². The second-order valence-electron chi connectivity index (χ2n) is 6.33. The number of nitrogens with one attached hydrogen (secondary N) is 1. The molecule has 1 aromatic rings. The molecule has 19 heavy (non-hydrogen) atoms. The molecule has 2 rings (SSSR count). The Morgan fingerprint density at radius 1 is 1.37 bits per heavy atom. The molecule has 0 saturated heterocycles. The van der Waals surface area contributed by atoms with Crippen LogP contribution in [0.15, 0.2) is 12.3 Å². The maximum absolute atomic E-state index is 10.6. The van der Waals surface area contributed by atoms with Gasteiger partial charge in [0.15, 0.2) is 0 Å². The first-order chi connectivity index (χ1) is 8.80. The van der Waals surface area contributed by atoms with E-state index in [2.05, 4.69) is 24.1 Å². The van der Waals surface area contributed by atoms with Crippen LogP contribution in [0.5, 0.6) is 0 Å². The summed E-state index contributed by atoms with van der Waals surface area (Å²) >= 11 is 5.80. The lowest BCUT2D eigenvalue weighted by Crippen LogP contribution is -2.42. The number of hydrogen-bond donors (Lipinski definition) is 3. The van der Waals surface area contributed by atoms with Gasteiger partial charge >= 0.3 is 0 Å². The number of aromatic nitrogens is 1. The summed E-state index contributed by atoms with van der Waals surface area (Å²) in [5, 5.41) is 14.2. The third-order valence-corrected chi connectivity index (χ3v) is 4.21. The van der Waals surface area contributed by atoms with E-state index in [9.17, 15) is 5.11 Å². The molecular weight excluding hydrogens is 262 g/mol. The largest absolute Gasteiger partial charge is 0.396 e. The van der Waals surface area contributed by atoms with Crippen molar-refractivity contribution in [2.45, 2.75) is 45.1 Å². The molecule has 1 saturated carbocycles. The van der Waals surface area contributed by atoms with E-state index in [1.807, 2.05) is 0 Å². The number of anilines is 2. The lowest BCUT2D eigenvalue weighted by Gasteiger charge is -2.40. The van der Waals surface area contributed by atoms with Gasteiger partial charge in [-0.05, 0) is 37.2 Å². The van der Waals surface area contributed by atoms with Gasteiger partial charge in [-0.1, -0.05) is 25.4 Å². The third-order valence-electron chi connectivity index (χ3n) is 4.00. The highest BCUT2D eigenvalue weighted by atomic mass is 35.5. The number of hydrogen-bond acceptors (Lipinski definition) is 4. The zero-order valence-corrected chi connectivity index (χ0v) is 12.3. The summed E-state index contributed by atoms with van der Waals surface area (Å²) in [6.07, 6.45) is 5.23. The molecule has 0 atom stereocenters. The van der Waals surface area contributed by atoms with Gasteiger partial charge in [0, 0.05) is 12.7 Å². The first kappa shape index (κ1) is 14.4. The quantitative estimate of drug-likeness (QED) is 0.797. The number of nitrogens with zero attached hydrogens (tertiary/aromatic N) is 1. The van der Waals surface area contributed by atoms with Crippen LogP contribution in [0.3, 0.4) is 0 Å². The van der Waals surface area contributed by atoms with Crippen LogP contribution in [0.4, 0.5) is 11.5 Å². The summed E-state index contributed by atoms with van der Waals surface area (Å²) in [6, 6.07) is 1.66. The maximum Gasteiger partial charge on any atom is 0.149 e. The summed E-state index contributed by atoms with van der Waals surface area (Å²) in [5.74, 6) is 0.586. The molecule has 1 aliphatic rings. The molecule has 0 spiro atoms. The number of nitrogens with two attached hydrogens (primary N) is 1. The SMILES string of the molecule is CC1(C)CCC(O)(CNc2ncc(Cl)cc2N)CC1. The van der Waals surface area contributed by atoms with Crippen molar-refractivity contribution in [2.75, 3.05) is 17.6 Å². The smallest absolute Gasteiger partial charge is 0.149 e. The Hall–Kier alpha value is -1.00. The van der Waals surface area contributed by atoms with Crippen molar-refractivity contribution in [3.8, 4) is 0 Å². The summed E-state index contributed by atoms with van der Waals surface area (Å²) in [4.78, 5) is 4.14. The van der Waals surface area contributed by atoms with Crippen LogP contribution in [0.25, 0.3) is 0 Å². The Balaban J connectivity index is 1.95. The van der Waals surface area contributed by atoms with Crippen LogP contribution in [0.1, 0.15) is 39.5 Å². The predicted molar refractivity (Wildman–Crippen MR) is 79.3 cm³/mol. The highest BCUT2D eigenvalue weighted by Crippen LogP contribution is 2.40. The number of nitrogen functional groups attached to an aromatic ring is 1. The number of halogens is 1. The van der Waals surface area contributed by atoms with Crippen LogP contribution in [0.2, 0.25) is 5.02 Å². The third kappa shape index (κ3) is 3.74. The van der Waals surface area contributed by atoms with E-state index >= 15 is 0 Å². The second kappa shape index (κ2) is 5.17. The fourth-order valence-corrected chi connectivity index (χ4v) is 2.59. The highest BCUT2D eigenvalue weighted by Gasteiger charge is 2.36.